The van der Waals surface area contributed by atoms with Crippen molar-refractivity contribution in [2.45, 2.75) is 13.5 Å². The molecular formula is C13H20FN3O. The van der Waals surface area contributed by atoms with Gasteiger partial charge in [0, 0.05) is 20.6 Å². The van der Waals surface area contributed by atoms with Gasteiger partial charge in [-0.15, -0.1) is 0 Å². The molecule has 0 saturated heterocycles. The predicted octanol–water partition coefficient (Wildman–Crippen LogP) is 1.32. The van der Waals surface area contributed by atoms with Crippen molar-refractivity contribution in [2.75, 3.05) is 32.9 Å². The molecule has 1 rings (SSSR count). The molecule has 2 N–H and O–H groups in total. The van der Waals surface area contributed by atoms with Gasteiger partial charge >= 0.3 is 0 Å². The summed E-state index contributed by atoms with van der Waals surface area (Å²) in [5.41, 5.74) is 6.38. The van der Waals surface area contributed by atoms with Gasteiger partial charge in [-0.1, -0.05) is 13.0 Å². The van der Waals surface area contributed by atoms with Gasteiger partial charge in [-0.3, -0.25) is 9.69 Å². The average molecular weight is 253 g/mol. The molecule has 0 atom stereocenters. The van der Waals surface area contributed by atoms with E-state index in [1.165, 1.54) is 6.07 Å². The number of anilines is 1. The van der Waals surface area contributed by atoms with Crippen molar-refractivity contribution in [1.82, 2.24) is 9.80 Å². The molecule has 5 heteroatoms. The van der Waals surface area contributed by atoms with E-state index < -0.39 is 5.82 Å². The summed E-state index contributed by atoms with van der Waals surface area (Å²) in [4.78, 5) is 15.1. The van der Waals surface area contributed by atoms with Crippen LogP contribution in [-0.2, 0) is 11.3 Å². The largest absolute Gasteiger partial charge is 0.396 e. The number of carbonyl (C=O) groups excluding carboxylic acids is 1. The maximum Gasteiger partial charge on any atom is 0.236 e. The van der Waals surface area contributed by atoms with Crippen LogP contribution in [-0.4, -0.2) is 42.9 Å². The number of hydrogen-bond donors (Lipinski definition) is 1. The van der Waals surface area contributed by atoms with E-state index in [1.54, 1.807) is 31.1 Å². The summed E-state index contributed by atoms with van der Waals surface area (Å²) in [7, 11) is 3.44. The maximum absolute atomic E-state index is 13.3. The summed E-state index contributed by atoms with van der Waals surface area (Å²) in [5.74, 6) is -0.379. The molecule has 100 valence electrons. The van der Waals surface area contributed by atoms with Crippen LogP contribution in [0.1, 0.15) is 12.5 Å². The zero-order valence-corrected chi connectivity index (χ0v) is 11.1. The van der Waals surface area contributed by atoms with Gasteiger partial charge in [-0.05, 0) is 24.2 Å². The SMILES string of the molecule is CCN(CC(=O)N(C)C)Cc1ccc(N)c(F)c1. The molecule has 1 aromatic carbocycles. The van der Waals surface area contributed by atoms with Crippen molar-refractivity contribution in [1.29, 1.82) is 0 Å². The van der Waals surface area contributed by atoms with Crippen LogP contribution < -0.4 is 5.73 Å². The fraction of sp³-hybridized carbons (Fsp3) is 0.462. The third kappa shape index (κ3) is 4.00. The molecular weight excluding hydrogens is 233 g/mol. The zero-order chi connectivity index (χ0) is 13.7. The zero-order valence-electron chi connectivity index (χ0n) is 11.1. The summed E-state index contributed by atoms with van der Waals surface area (Å²) in [6.07, 6.45) is 0. The highest BCUT2D eigenvalue weighted by Crippen LogP contribution is 2.13. The molecule has 1 aromatic rings. The van der Waals surface area contributed by atoms with Crippen LogP contribution in [0.2, 0.25) is 0 Å². The van der Waals surface area contributed by atoms with Gasteiger partial charge < -0.3 is 10.6 Å². The monoisotopic (exact) mass is 253 g/mol. The maximum atomic E-state index is 13.3. The molecule has 0 aliphatic heterocycles. The number of likely N-dealkylation sites (N-methyl/N-ethyl adjacent to an activating group) is 2. The van der Waals surface area contributed by atoms with Crippen molar-refractivity contribution in [3.63, 3.8) is 0 Å². The number of hydrogen-bond acceptors (Lipinski definition) is 3. The Kier molecular flexibility index (Phi) is 5.09. The number of rotatable bonds is 5. The first-order valence-corrected chi connectivity index (χ1v) is 5.90. The molecule has 0 bridgehead atoms. The molecule has 0 aliphatic carbocycles. The highest BCUT2D eigenvalue weighted by Gasteiger charge is 2.11. The van der Waals surface area contributed by atoms with Gasteiger partial charge in [0.15, 0.2) is 0 Å². The van der Waals surface area contributed by atoms with Gasteiger partial charge in [-0.25, -0.2) is 4.39 Å². The fourth-order valence-electron chi connectivity index (χ4n) is 1.54. The second-order valence-corrected chi connectivity index (χ2v) is 4.45. The summed E-state index contributed by atoms with van der Waals surface area (Å²) in [6.45, 7) is 3.56. The minimum absolute atomic E-state index is 0.0350. The molecule has 0 aliphatic rings. The van der Waals surface area contributed by atoms with E-state index in [1.807, 2.05) is 11.8 Å². The van der Waals surface area contributed by atoms with Crippen molar-refractivity contribution in [3.8, 4) is 0 Å². The number of nitrogens with two attached hydrogens (primary N) is 1. The highest BCUT2D eigenvalue weighted by atomic mass is 19.1. The first-order chi connectivity index (χ1) is 8.43. The number of halogens is 1. The number of amides is 1. The van der Waals surface area contributed by atoms with E-state index >= 15 is 0 Å². The lowest BCUT2D eigenvalue weighted by atomic mass is 10.2. The van der Waals surface area contributed by atoms with Crippen LogP contribution >= 0.6 is 0 Å². The molecule has 18 heavy (non-hydrogen) atoms. The van der Waals surface area contributed by atoms with E-state index in [-0.39, 0.29) is 11.6 Å². The Morgan fingerprint density at radius 3 is 2.56 bits per heavy atom. The number of nitrogens with zero attached hydrogens (tertiary/aromatic N) is 2. The molecule has 1 amide bonds. The smallest absolute Gasteiger partial charge is 0.236 e. The number of nitrogen functional groups attached to an aromatic ring is 1. The molecule has 4 nitrogen and oxygen atoms in total. The van der Waals surface area contributed by atoms with Gasteiger partial charge in [0.25, 0.3) is 0 Å². The summed E-state index contributed by atoms with van der Waals surface area (Å²) >= 11 is 0. The Balaban J connectivity index is 2.68. The van der Waals surface area contributed by atoms with Crippen LogP contribution in [0.15, 0.2) is 18.2 Å². The van der Waals surface area contributed by atoms with Crippen LogP contribution in [0.25, 0.3) is 0 Å². The van der Waals surface area contributed by atoms with Crippen molar-refractivity contribution >= 4 is 11.6 Å². The lowest BCUT2D eigenvalue weighted by Gasteiger charge is -2.22. The van der Waals surface area contributed by atoms with E-state index in [2.05, 4.69) is 0 Å². The Hall–Kier alpha value is -1.62. The highest BCUT2D eigenvalue weighted by molar-refractivity contribution is 5.77. The molecule has 0 spiro atoms. The fourth-order valence-corrected chi connectivity index (χ4v) is 1.54. The Labute approximate surface area is 107 Å². The standard InChI is InChI=1S/C13H20FN3O/c1-4-17(9-13(18)16(2)3)8-10-5-6-12(15)11(14)7-10/h5-7H,4,8-9,15H2,1-3H3. The summed E-state index contributed by atoms with van der Waals surface area (Å²) < 4.78 is 13.3. The topological polar surface area (TPSA) is 49.6 Å². The molecule has 0 saturated carbocycles. The van der Waals surface area contributed by atoms with Gasteiger partial charge in [0.2, 0.25) is 5.91 Å². The average Bonchev–Trinajstić information content (AvgIpc) is 2.32. The van der Waals surface area contributed by atoms with Gasteiger partial charge in [-0.2, -0.15) is 0 Å². The van der Waals surface area contributed by atoms with Crippen molar-refractivity contribution in [2.24, 2.45) is 0 Å². The van der Waals surface area contributed by atoms with Crippen molar-refractivity contribution in [3.05, 3.63) is 29.6 Å². The molecule has 0 fully saturated rings. The quantitative estimate of drug-likeness (QED) is 0.805. The van der Waals surface area contributed by atoms with Crippen LogP contribution in [0.4, 0.5) is 10.1 Å². The van der Waals surface area contributed by atoms with E-state index in [0.717, 1.165) is 12.1 Å². The summed E-state index contributed by atoms with van der Waals surface area (Å²) in [5, 5.41) is 0. The summed E-state index contributed by atoms with van der Waals surface area (Å²) in [6, 6.07) is 4.74. The minimum Gasteiger partial charge on any atom is -0.396 e. The van der Waals surface area contributed by atoms with Crippen LogP contribution in [0.3, 0.4) is 0 Å². The van der Waals surface area contributed by atoms with Crippen molar-refractivity contribution < 1.29 is 9.18 Å². The number of carbonyl (C=O) groups is 1. The first kappa shape index (κ1) is 14.4. The lowest BCUT2D eigenvalue weighted by Crippen LogP contribution is -2.36. The Morgan fingerprint density at radius 1 is 1.39 bits per heavy atom. The Bertz CT molecular complexity index is 421. The predicted molar refractivity (Wildman–Crippen MR) is 70.5 cm³/mol. The third-order valence-corrected chi connectivity index (χ3v) is 2.78. The molecule has 0 aromatic heterocycles. The molecule has 0 heterocycles. The van der Waals surface area contributed by atoms with Crippen LogP contribution in [0, 0.1) is 5.82 Å². The van der Waals surface area contributed by atoms with Crippen LogP contribution in [0.5, 0.6) is 0 Å². The van der Waals surface area contributed by atoms with E-state index in [9.17, 15) is 9.18 Å². The molecule has 0 radical (unpaired) electrons. The third-order valence-electron chi connectivity index (χ3n) is 2.78. The normalized spacial score (nSPS) is 10.7. The van der Waals surface area contributed by atoms with E-state index in [4.69, 9.17) is 5.73 Å². The van der Waals surface area contributed by atoms with Gasteiger partial charge in [0.05, 0.1) is 12.2 Å². The lowest BCUT2D eigenvalue weighted by molar-refractivity contribution is -0.130. The first-order valence-electron chi connectivity index (χ1n) is 5.90. The number of benzene rings is 1. The van der Waals surface area contributed by atoms with Gasteiger partial charge in [0.1, 0.15) is 5.82 Å². The second-order valence-electron chi connectivity index (χ2n) is 4.45. The Morgan fingerprint density at radius 2 is 2.06 bits per heavy atom. The minimum atomic E-state index is -0.414. The molecule has 0 unspecified atom stereocenters. The van der Waals surface area contributed by atoms with E-state index in [0.29, 0.717) is 13.1 Å². The second kappa shape index (κ2) is 6.35.